The maximum absolute atomic E-state index is 11.5. The second-order valence-corrected chi connectivity index (χ2v) is 5.48. The Balaban J connectivity index is 2.07. The molecule has 102 valence electrons. The molecule has 0 spiro atoms. The minimum Gasteiger partial charge on any atom is -0.463 e. The zero-order valence-electron chi connectivity index (χ0n) is 11.1. The standard InChI is InChI=1S/C13H16N2O3S/c1-13(2,12-14-5-7-19-12)15-8-9-4-6-18-10(9)11(16)17-3/h4-7,15H,8H2,1-3H3. The van der Waals surface area contributed by atoms with Gasteiger partial charge in [-0.25, -0.2) is 9.78 Å². The van der Waals surface area contributed by atoms with E-state index < -0.39 is 5.97 Å². The molecular weight excluding hydrogens is 264 g/mol. The summed E-state index contributed by atoms with van der Waals surface area (Å²) < 4.78 is 9.81. The number of carbonyl (C=O) groups excluding carboxylic acids is 1. The van der Waals surface area contributed by atoms with Gasteiger partial charge in [-0.15, -0.1) is 11.3 Å². The number of furan rings is 1. The molecule has 5 nitrogen and oxygen atoms in total. The van der Waals surface area contributed by atoms with Gasteiger partial charge < -0.3 is 14.5 Å². The van der Waals surface area contributed by atoms with E-state index >= 15 is 0 Å². The molecular formula is C13H16N2O3S. The minimum absolute atomic E-state index is 0.241. The third kappa shape index (κ3) is 3.02. The first-order valence-electron chi connectivity index (χ1n) is 5.84. The van der Waals surface area contributed by atoms with Gasteiger partial charge in [0.15, 0.2) is 0 Å². The van der Waals surface area contributed by atoms with E-state index in [4.69, 9.17) is 4.42 Å². The summed E-state index contributed by atoms with van der Waals surface area (Å²) in [5.74, 6) is -0.223. The van der Waals surface area contributed by atoms with Crippen LogP contribution in [0.1, 0.15) is 35.0 Å². The van der Waals surface area contributed by atoms with E-state index in [1.165, 1.54) is 13.4 Å². The number of hydrogen-bond acceptors (Lipinski definition) is 6. The van der Waals surface area contributed by atoms with Gasteiger partial charge in [-0.1, -0.05) is 0 Å². The van der Waals surface area contributed by atoms with Gasteiger partial charge in [0.2, 0.25) is 5.76 Å². The summed E-state index contributed by atoms with van der Waals surface area (Å²) >= 11 is 1.59. The van der Waals surface area contributed by atoms with Gasteiger partial charge >= 0.3 is 5.97 Å². The Morgan fingerprint density at radius 2 is 2.37 bits per heavy atom. The summed E-state index contributed by atoms with van der Waals surface area (Å²) in [6.07, 6.45) is 3.26. The van der Waals surface area contributed by atoms with E-state index in [1.54, 1.807) is 23.6 Å². The summed E-state index contributed by atoms with van der Waals surface area (Å²) in [6, 6.07) is 1.76. The number of hydrogen-bond donors (Lipinski definition) is 1. The summed E-state index contributed by atoms with van der Waals surface area (Å²) in [5.41, 5.74) is 0.509. The zero-order valence-corrected chi connectivity index (χ0v) is 11.9. The molecule has 0 aliphatic heterocycles. The molecule has 19 heavy (non-hydrogen) atoms. The maximum Gasteiger partial charge on any atom is 0.374 e. The molecule has 1 N–H and O–H groups in total. The molecule has 0 aliphatic carbocycles. The first-order valence-corrected chi connectivity index (χ1v) is 6.72. The van der Waals surface area contributed by atoms with Crippen molar-refractivity contribution in [2.75, 3.05) is 7.11 Å². The van der Waals surface area contributed by atoms with E-state index in [2.05, 4.69) is 15.0 Å². The van der Waals surface area contributed by atoms with Crippen molar-refractivity contribution in [3.8, 4) is 0 Å². The third-order valence-electron chi connectivity index (χ3n) is 2.81. The molecule has 6 heteroatoms. The molecule has 0 saturated carbocycles. The molecule has 0 aromatic carbocycles. The van der Waals surface area contributed by atoms with Crippen molar-refractivity contribution >= 4 is 17.3 Å². The van der Waals surface area contributed by atoms with Crippen LogP contribution in [0.3, 0.4) is 0 Å². The summed E-state index contributed by atoms with van der Waals surface area (Å²) in [6.45, 7) is 4.60. The van der Waals surface area contributed by atoms with E-state index in [-0.39, 0.29) is 11.3 Å². The van der Waals surface area contributed by atoms with Gasteiger partial charge in [-0.2, -0.15) is 0 Å². The number of methoxy groups -OCH3 is 1. The maximum atomic E-state index is 11.5. The fourth-order valence-corrected chi connectivity index (χ4v) is 2.41. The first-order chi connectivity index (χ1) is 9.04. The van der Waals surface area contributed by atoms with Crippen molar-refractivity contribution in [1.29, 1.82) is 0 Å². The highest BCUT2D eigenvalue weighted by atomic mass is 32.1. The Morgan fingerprint density at radius 1 is 1.58 bits per heavy atom. The van der Waals surface area contributed by atoms with Gasteiger partial charge in [0, 0.05) is 23.7 Å². The largest absolute Gasteiger partial charge is 0.463 e. The molecule has 0 aliphatic rings. The van der Waals surface area contributed by atoms with Gasteiger partial charge in [0.1, 0.15) is 5.01 Å². The van der Waals surface area contributed by atoms with Crippen LogP contribution < -0.4 is 5.32 Å². The van der Waals surface area contributed by atoms with Gasteiger partial charge in [0.25, 0.3) is 0 Å². The van der Waals surface area contributed by atoms with E-state index in [9.17, 15) is 4.79 Å². The van der Waals surface area contributed by atoms with Crippen molar-refractivity contribution in [3.05, 3.63) is 40.2 Å². The molecule has 0 saturated heterocycles. The fourth-order valence-electron chi connectivity index (χ4n) is 1.67. The molecule has 0 bridgehead atoms. The number of nitrogens with one attached hydrogen (secondary N) is 1. The molecule has 2 aromatic rings. The number of aromatic nitrogens is 1. The topological polar surface area (TPSA) is 64.4 Å². The molecule has 0 atom stereocenters. The number of esters is 1. The second-order valence-electron chi connectivity index (χ2n) is 4.58. The average molecular weight is 280 g/mol. The van der Waals surface area contributed by atoms with Crippen molar-refractivity contribution < 1.29 is 13.9 Å². The summed E-state index contributed by atoms with van der Waals surface area (Å²) in [4.78, 5) is 15.8. The predicted octanol–water partition coefficient (Wildman–Crippen LogP) is 2.55. The van der Waals surface area contributed by atoms with Crippen molar-refractivity contribution in [2.24, 2.45) is 0 Å². The SMILES string of the molecule is COC(=O)c1occc1CNC(C)(C)c1nccs1. The normalized spacial score (nSPS) is 11.5. The highest BCUT2D eigenvalue weighted by Gasteiger charge is 2.24. The number of nitrogens with zero attached hydrogens (tertiary/aromatic N) is 1. The van der Waals surface area contributed by atoms with Crippen LogP contribution in [-0.2, 0) is 16.8 Å². The van der Waals surface area contributed by atoms with Crippen LogP contribution in [0.5, 0.6) is 0 Å². The Hall–Kier alpha value is -1.66. The molecule has 0 fully saturated rings. The lowest BCUT2D eigenvalue weighted by Gasteiger charge is -2.23. The van der Waals surface area contributed by atoms with Crippen LogP contribution in [0.2, 0.25) is 0 Å². The monoisotopic (exact) mass is 280 g/mol. The van der Waals surface area contributed by atoms with Gasteiger partial charge in [0.05, 0.1) is 18.9 Å². The number of ether oxygens (including phenoxy) is 1. The lowest BCUT2D eigenvalue weighted by atomic mass is 10.1. The lowest BCUT2D eigenvalue weighted by Crippen LogP contribution is -2.36. The van der Waals surface area contributed by atoms with Gasteiger partial charge in [-0.3, -0.25) is 0 Å². The van der Waals surface area contributed by atoms with Crippen LogP contribution in [0.25, 0.3) is 0 Å². The molecule has 2 heterocycles. The lowest BCUT2D eigenvalue weighted by molar-refractivity contribution is 0.0563. The smallest absolute Gasteiger partial charge is 0.374 e. The summed E-state index contributed by atoms with van der Waals surface area (Å²) in [5, 5.41) is 6.30. The molecule has 2 aromatic heterocycles. The van der Waals surface area contributed by atoms with Crippen molar-refractivity contribution in [1.82, 2.24) is 10.3 Å². The first kappa shape index (κ1) is 13.8. The third-order valence-corrected chi connectivity index (χ3v) is 3.90. The van der Waals surface area contributed by atoms with Crippen molar-refractivity contribution in [3.63, 3.8) is 0 Å². The molecule has 0 unspecified atom stereocenters. The van der Waals surface area contributed by atoms with Crippen LogP contribution >= 0.6 is 11.3 Å². The van der Waals surface area contributed by atoms with Crippen LogP contribution in [-0.4, -0.2) is 18.1 Å². The van der Waals surface area contributed by atoms with Gasteiger partial charge in [-0.05, 0) is 19.9 Å². The quantitative estimate of drug-likeness (QED) is 0.853. The average Bonchev–Trinajstić information content (AvgIpc) is 3.06. The number of rotatable bonds is 5. The predicted molar refractivity (Wildman–Crippen MR) is 72.0 cm³/mol. The molecule has 0 amide bonds. The fraction of sp³-hybridized carbons (Fsp3) is 0.385. The highest BCUT2D eigenvalue weighted by Crippen LogP contribution is 2.23. The Labute approximate surface area is 115 Å². The van der Waals surface area contributed by atoms with Crippen molar-refractivity contribution in [2.45, 2.75) is 25.9 Å². The molecule has 2 rings (SSSR count). The van der Waals surface area contributed by atoms with Crippen LogP contribution in [0, 0.1) is 0 Å². The Kier molecular flexibility index (Phi) is 4.01. The molecule has 0 radical (unpaired) electrons. The Bertz CT molecular complexity index is 546. The number of thiazole rings is 1. The van der Waals surface area contributed by atoms with E-state index in [0.717, 1.165) is 10.6 Å². The second kappa shape index (κ2) is 5.54. The minimum atomic E-state index is -0.464. The Morgan fingerprint density at radius 3 is 3.00 bits per heavy atom. The zero-order chi connectivity index (χ0) is 13.9. The number of carbonyl (C=O) groups is 1. The van der Waals surface area contributed by atoms with Crippen LogP contribution in [0.4, 0.5) is 0 Å². The van der Waals surface area contributed by atoms with Crippen LogP contribution in [0.15, 0.2) is 28.3 Å². The van der Waals surface area contributed by atoms with E-state index in [1.807, 2.05) is 19.2 Å². The summed E-state index contributed by atoms with van der Waals surface area (Å²) in [7, 11) is 1.33. The highest BCUT2D eigenvalue weighted by molar-refractivity contribution is 7.09. The van der Waals surface area contributed by atoms with E-state index in [0.29, 0.717) is 6.54 Å².